The third kappa shape index (κ3) is 4.01. The van der Waals surface area contributed by atoms with Gasteiger partial charge in [-0.1, -0.05) is 29.8 Å². The van der Waals surface area contributed by atoms with E-state index in [1.165, 1.54) is 13.0 Å². The number of carbonyl (C=O) groups excluding carboxylic acids is 1. The van der Waals surface area contributed by atoms with E-state index in [9.17, 15) is 18.0 Å². The molecule has 6 heteroatoms. The fraction of sp³-hybridized carbons (Fsp3) is 0.417. The molecule has 0 saturated heterocycles. The van der Waals surface area contributed by atoms with Gasteiger partial charge in [0, 0.05) is 4.47 Å². The van der Waals surface area contributed by atoms with Crippen molar-refractivity contribution in [3.05, 3.63) is 34.1 Å². The van der Waals surface area contributed by atoms with E-state index in [0.717, 1.165) is 12.1 Å². The predicted molar refractivity (Wildman–Crippen MR) is 66.0 cm³/mol. The molecule has 0 saturated carbocycles. The summed E-state index contributed by atoms with van der Waals surface area (Å²) in [7, 11) is 0. The molecule has 18 heavy (non-hydrogen) atoms. The van der Waals surface area contributed by atoms with Gasteiger partial charge in [-0.3, -0.25) is 0 Å². The SMILES string of the molecule is CC.CCOC(=O)C(F)(F)c1cc(Br)ccc1F. The maximum atomic E-state index is 13.4. The number of rotatable bonds is 3. The second-order valence-electron chi connectivity index (χ2n) is 2.92. The van der Waals surface area contributed by atoms with Crippen molar-refractivity contribution < 1.29 is 22.7 Å². The van der Waals surface area contributed by atoms with E-state index in [1.807, 2.05) is 13.8 Å². The minimum atomic E-state index is -3.98. The number of esters is 1. The minimum absolute atomic E-state index is 0.190. The van der Waals surface area contributed by atoms with Gasteiger partial charge in [0.15, 0.2) is 0 Å². The average Bonchev–Trinajstić information content (AvgIpc) is 2.35. The van der Waals surface area contributed by atoms with Crippen molar-refractivity contribution in [3.63, 3.8) is 0 Å². The van der Waals surface area contributed by atoms with Gasteiger partial charge in [0.25, 0.3) is 0 Å². The van der Waals surface area contributed by atoms with Crippen molar-refractivity contribution >= 4 is 21.9 Å². The number of hydrogen-bond donors (Lipinski definition) is 0. The van der Waals surface area contributed by atoms with Crippen LogP contribution < -0.4 is 0 Å². The fourth-order valence-corrected chi connectivity index (χ4v) is 1.43. The topological polar surface area (TPSA) is 26.3 Å². The van der Waals surface area contributed by atoms with Crippen molar-refractivity contribution in [1.29, 1.82) is 0 Å². The molecule has 2 nitrogen and oxygen atoms in total. The second-order valence-corrected chi connectivity index (χ2v) is 3.83. The van der Waals surface area contributed by atoms with Crippen molar-refractivity contribution in [2.75, 3.05) is 6.61 Å². The van der Waals surface area contributed by atoms with E-state index >= 15 is 0 Å². The normalized spacial score (nSPS) is 10.4. The molecule has 0 bridgehead atoms. The first-order chi connectivity index (χ1) is 8.39. The summed E-state index contributed by atoms with van der Waals surface area (Å²) in [5.41, 5.74) is -1.000. The zero-order valence-electron chi connectivity index (χ0n) is 10.3. The summed E-state index contributed by atoms with van der Waals surface area (Å²) in [6, 6.07) is 2.97. The zero-order valence-corrected chi connectivity index (χ0v) is 11.9. The first kappa shape index (κ1) is 17.0. The fourth-order valence-electron chi connectivity index (χ4n) is 1.07. The molecule has 1 aromatic rings. The standard InChI is InChI=1S/C10H8BrF3O2.C2H6/c1-2-16-9(15)10(13,14)7-5-6(11)3-4-8(7)12;1-2/h3-5H,2H2,1H3;1-2H3. The zero-order chi connectivity index (χ0) is 14.3. The van der Waals surface area contributed by atoms with E-state index in [4.69, 9.17) is 0 Å². The Bertz CT molecular complexity index is 408. The van der Waals surface area contributed by atoms with Gasteiger partial charge in [-0.15, -0.1) is 0 Å². The summed E-state index contributed by atoms with van der Waals surface area (Å²) >= 11 is 2.92. The highest BCUT2D eigenvalue weighted by Crippen LogP contribution is 2.33. The lowest BCUT2D eigenvalue weighted by Gasteiger charge is -2.15. The molecular formula is C12H14BrF3O2. The van der Waals surface area contributed by atoms with Gasteiger partial charge in [0.1, 0.15) is 5.82 Å². The Hall–Kier alpha value is -1.04. The lowest BCUT2D eigenvalue weighted by molar-refractivity contribution is -0.173. The van der Waals surface area contributed by atoms with Crippen LogP contribution in [0.15, 0.2) is 22.7 Å². The van der Waals surface area contributed by atoms with Crippen LogP contribution in [-0.2, 0) is 15.5 Å². The van der Waals surface area contributed by atoms with E-state index in [1.54, 1.807) is 0 Å². The van der Waals surface area contributed by atoms with Crippen molar-refractivity contribution in [2.24, 2.45) is 0 Å². The molecule has 0 atom stereocenters. The number of benzene rings is 1. The molecule has 0 fully saturated rings. The van der Waals surface area contributed by atoms with Crippen LogP contribution in [0.4, 0.5) is 13.2 Å². The van der Waals surface area contributed by atoms with Crippen LogP contribution in [0.3, 0.4) is 0 Å². The molecule has 0 amide bonds. The van der Waals surface area contributed by atoms with Gasteiger partial charge in [-0.25, -0.2) is 9.18 Å². The van der Waals surface area contributed by atoms with E-state index in [-0.39, 0.29) is 11.1 Å². The molecule has 0 heterocycles. The van der Waals surface area contributed by atoms with Crippen LogP contribution in [0.25, 0.3) is 0 Å². The van der Waals surface area contributed by atoms with Gasteiger partial charge in [0.2, 0.25) is 0 Å². The Kier molecular flexibility index (Phi) is 6.98. The van der Waals surface area contributed by atoms with Gasteiger partial charge < -0.3 is 4.74 Å². The van der Waals surface area contributed by atoms with Gasteiger partial charge in [-0.2, -0.15) is 8.78 Å². The lowest BCUT2D eigenvalue weighted by Crippen LogP contribution is -2.29. The summed E-state index contributed by atoms with van der Waals surface area (Å²) in [5, 5.41) is 0. The smallest absolute Gasteiger partial charge is 0.382 e. The lowest BCUT2D eigenvalue weighted by atomic mass is 10.1. The second kappa shape index (κ2) is 7.41. The molecule has 0 aliphatic carbocycles. The highest BCUT2D eigenvalue weighted by molar-refractivity contribution is 9.10. The van der Waals surface area contributed by atoms with Gasteiger partial charge >= 0.3 is 11.9 Å². The largest absolute Gasteiger partial charge is 0.461 e. The van der Waals surface area contributed by atoms with Crippen LogP contribution in [0, 0.1) is 5.82 Å². The number of hydrogen-bond acceptors (Lipinski definition) is 2. The molecule has 0 spiro atoms. The monoisotopic (exact) mass is 326 g/mol. The molecule has 1 rings (SSSR count). The Morgan fingerprint density at radius 2 is 1.94 bits per heavy atom. The molecule has 0 aliphatic rings. The summed E-state index contributed by atoms with van der Waals surface area (Å²) < 4.78 is 44.5. The Balaban J connectivity index is 0.00000137. The molecule has 0 unspecified atom stereocenters. The minimum Gasteiger partial charge on any atom is -0.461 e. The first-order valence-corrected chi connectivity index (χ1v) is 6.19. The third-order valence-corrected chi connectivity index (χ3v) is 2.29. The Labute approximate surface area is 112 Å². The molecule has 1 aromatic carbocycles. The summed E-state index contributed by atoms with van der Waals surface area (Å²) in [6.45, 7) is 5.20. The summed E-state index contributed by atoms with van der Waals surface area (Å²) in [5.74, 6) is -6.89. The summed E-state index contributed by atoms with van der Waals surface area (Å²) in [4.78, 5) is 11.0. The average molecular weight is 327 g/mol. The van der Waals surface area contributed by atoms with Crippen LogP contribution in [0.1, 0.15) is 26.3 Å². The highest BCUT2D eigenvalue weighted by Gasteiger charge is 2.44. The van der Waals surface area contributed by atoms with Crippen LogP contribution in [0.5, 0.6) is 0 Å². The summed E-state index contributed by atoms with van der Waals surface area (Å²) in [6.07, 6.45) is 0. The van der Waals surface area contributed by atoms with E-state index in [0.29, 0.717) is 0 Å². The van der Waals surface area contributed by atoms with Crippen molar-refractivity contribution in [2.45, 2.75) is 26.7 Å². The van der Waals surface area contributed by atoms with E-state index in [2.05, 4.69) is 20.7 Å². The van der Waals surface area contributed by atoms with E-state index < -0.39 is 23.3 Å². The number of carbonyl (C=O) groups is 1. The van der Waals surface area contributed by atoms with Crippen LogP contribution >= 0.6 is 15.9 Å². The quantitative estimate of drug-likeness (QED) is 0.775. The highest BCUT2D eigenvalue weighted by atomic mass is 79.9. The molecule has 102 valence electrons. The third-order valence-electron chi connectivity index (χ3n) is 1.80. The van der Waals surface area contributed by atoms with Crippen molar-refractivity contribution in [1.82, 2.24) is 0 Å². The van der Waals surface area contributed by atoms with Gasteiger partial charge in [-0.05, 0) is 25.1 Å². The molecular weight excluding hydrogens is 313 g/mol. The van der Waals surface area contributed by atoms with Crippen LogP contribution in [0.2, 0.25) is 0 Å². The maximum Gasteiger partial charge on any atom is 0.382 e. The predicted octanol–water partition coefficient (Wildman–Crippen LogP) is 4.27. The number of ether oxygens (including phenoxy) is 1. The molecule has 0 N–H and O–H groups in total. The molecule has 0 aliphatic heterocycles. The number of halogens is 4. The van der Waals surface area contributed by atoms with Crippen molar-refractivity contribution in [3.8, 4) is 0 Å². The molecule has 0 radical (unpaired) electrons. The Morgan fingerprint density at radius 3 is 2.44 bits per heavy atom. The maximum absolute atomic E-state index is 13.4. The Morgan fingerprint density at radius 1 is 1.39 bits per heavy atom. The first-order valence-electron chi connectivity index (χ1n) is 5.40. The van der Waals surface area contributed by atoms with Crippen LogP contribution in [-0.4, -0.2) is 12.6 Å². The molecule has 0 aromatic heterocycles. The van der Waals surface area contributed by atoms with Gasteiger partial charge in [0.05, 0.1) is 12.2 Å². The number of alkyl halides is 2.